The SMILES string of the molecule is Cc1ccc(C(=O)N2CCN(C3CCCC3)CC2)c(C2CCN(Cc3ccc[nH]3)CC2)n1. The van der Waals surface area contributed by atoms with Crippen molar-refractivity contribution in [1.29, 1.82) is 0 Å². The second-order valence-corrected chi connectivity index (χ2v) is 9.90. The third-order valence-electron chi connectivity index (χ3n) is 7.77. The fourth-order valence-corrected chi connectivity index (χ4v) is 5.87. The summed E-state index contributed by atoms with van der Waals surface area (Å²) < 4.78 is 0. The Labute approximate surface area is 192 Å². The van der Waals surface area contributed by atoms with E-state index in [0.29, 0.717) is 5.92 Å². The van der Waals surface area contributed by atoms with Crippen LogP contribution in [0.4, 0.5) is 0 Å². The number of H-pyrrole nitrogens is 1. The molecule has 32 heavy (non-hydrogen) atoms. The topological polar surface area (TPSA) is 55.5 Å². The number of nitrogens with one attached hydrogen (secondary N) is 1. The number of hydrogen-bond acceptors (Lipinski definition) is 4. The minimum atomic E-state index is 0.187. The molecule has 0 unspecified atom stereocenters. The molecule has 6 heteroatoms. The van der Waals surface area contributed by atoms with Crippen molar-refractivity contribution in [2.45, 2.75) is 64.0 Å². The van der Waals surface area contributed by atoms with E-state index in [1.54, 1.807) is 0 Å². The summed E-state index contributed by atoms with van der Waals surface area (Å²) in [6, 6.07) is 9.00. The zero-order valence-electron chi connectivity index (χ0n) is 19.4. The first kappa shape index (κ1) is 21.7. The zero-order valence-corrected chi connectivity index (χ0v) is 19.4. The highest BCUT2D eigenvalue weighted by Crippen LogP contribution is 2.31. The number of piperazine rings is 1. The summed E-state index contributed by atoms with van der Waals surface area (Å²) >= 11 is 0. The van der Waals surface area contributed by atoms with E-state index in [2.05, 4.69) is 31.8 Å². The monoisotopic (exact) mass is 435 g/mol. The molecule has 0 radical (unpaired) electrons. The maximum absolute atomic E-state index is 13.5. The van der Waals surface area contributed by atoms with Crippen molar-refractivity contribution in [2.75, 3.05) is 39.3 Å². The van der Waals surface area contributed by atoms with Gasteiger partial charge in [-0.2, -0.15) is 0 Å². The van der Waals surface area contributed by atoms with Gasteiger partial charge in [-0.05, 0) is 70.0 Å². The highest BCUT2D eigenvalue weighted by molar-refractivity contribution is 5.95. The van der Waals surface area contributed by atoms with Crippen molar-refractivity contribution in [2.24, 2.45) is 0 Å². The van der Waals surface area contributed by atoms with Gasteiger partial charge in [-0.25, -0.2) is 0 Å². The number of carbonyl (C=O) groups is 1. The first-order chi connectivity index (χ1) is 15.7. The number of pyridine rings is 1. The molecule has 1 N–H and O–H groups in total. The summed E-state index contributed by atoms with van der Waals surface area (Å²) in [5.41, 5.74) is 4.15. The molecule has 2 aliphatic heterocycles. The van der Waals surface area contributed by atoms with Crippen LogP contribution in [0.1, 0.15) is 71.9 Å². The summed E-state index contributed by atoms with van der Waals surface area (Å²) in [6.07, 6.45) is 9.52. The van der Waals surface area contributed by atoms with Crippen LogP contribution in [-0.4, -0.2) is 75.9 Å². The van der Waals surface area contributed by atoms with Crippen LogP contribution in [0.3, 0.4) is 0 Å². The van der Waals surface area contributed by atoms with Crippen LogP contribution in [0.2, 0.25) is 0 Å². The van der Waals surface area contributed by atoms with E-state index in [0.717, 1.165) is 81.6 Å². The smallest absolute Gasteiger partial charge is 0.255 e. The molecule has 0 aromatic carbocycles. The number of aromatic amines is 1. The lowest BCUT2D eigenvalue weighted by molar-refractivity contribution is 0.0570. The zero-order chi connectivity index (χ0) is 21.9. The molecule has 1 saturated carbocycles. The van der Waals surface area contributed by atoms with Gasteiger partial charge in [0, 0.05) is 62.3 Å². The van der Waals surface area contributed by atoms with E-state index >= 15 is 0 Å². The van der Waals surface area contributed by atoms with Crippen molar-refractivity contribution in [3.8, 4) is 0 Å². The second-order valence-electron chi connectivity index (χ2n) is 9.90. The van der Waals surface area contributed by atoms with Crippen molar-refractivity contribution < 1.29 is 4.79 Å². The van der Waals surface area contributed by atoms with Gasteiger partial charge in [-0.1, -0.05) is 12.8 Å². The standard InChI is InChI=1S/C26H37N5O/c1-20-8-9-24(26(32)31-17-15-30(16-18-31)23-6-2-3-7-23)25(28-20)21-10-13-29(14-11-21)19-22-5-4-12-27-22/h4-5,8-9,12,21,23,27H,2-3,6-7,10-11,13-19H2,1H3. The molecule has 2 aromatic rings. The van der Waals surface area contributed by atoms with Crippen LogP contribution in [0.25, 0.3) is 0 Å². The van der Waals surface area contributed by atoms with Gasteiger partial charge in [0.1, 0.15) is 0 Å². The molecule has 2 aromatic heterocycles. The number of piperidine rings is 1. The maximum Gasteiger partial charge on any atom is 0.255 e. The molecular formula is C26H37N5O. The molecule has 5 rings (SSSR count). The van der Waals surface area contributed by atoms with Crippen LogP contribution in [0, 0.1) is 6.92 Å². The Morgan fingerprint density at radius 3 is 2.44 bits per heavy atom. The summed E-state index contributed by atoms with van der Waals surface area (Å²) in [4.78, 5) is 28.9. The molecule has 1 aliphatic carbocycles. The third kappa shape index (κ3) is 4.76. The number of aryl methyl sites for hydroxylation is 1. The van der Waals surface area contributed by atoms with E-state index in [4.69, 9.17) is 4.98 Å². The van der Waals surface area contributed by atoms with Crippen LogP contribution >= 0.6 is 0 Å². The van der Waals surface area contributed by atoms with Crippen molar-refractivity contribution in [3.05, 3.63) is 53.1 Å². The Kier molecular flexibility index (Phi) is 6.60. The number of aromatic nitrogens is 2. The molecular weight excluding hydrogens is 398 g/mol. The Balaban J connectivity index is 1.23. The Morgan fingerprint density at radius 1 is 1.00 bits per heavy atom. The first-order valence-electron chi connectivity index (χ1n) is 12.5. The average Bonchev–Trinajstić information content (AvgIpc) is 3.54. The fraction of sp³-hybridized carbons (Fsp3) is 0.615. The van der Waals surface area contributed by atoms with Crippen molar-refractivity contribution in [3.63, 3.8) is 0 Å². The molecule has 172 valence electrons. The van der Waals surface area contributed by atoms with E-state index in [1.165, 1.54) is 31.4 Å². The van der Waals surface area contributed by atoms with Gasteiger partial charge < -0.3 is 9.88 Å². The molecule has 6 nitrogen and oxygen atoms in total. The minimum absolute atomic E-state index is 0.187. The van der Waals surface area contributed by atoms with Gasteiger partial charge in [0.05, 0.1) is 11.3 Å². The summed E-state index contributed by atoms with van der Waals surface area (Å²) in [5, 5.41) is 0. The van der Waals surface area contributed by atoms with Gasteiger partial charge in [0.2, 0.25) is 0 Å². The molecule has 0 atom stereocenters. The van der Waals surface area contributed by atoms with E-state index in [9.17, 15) is 4.79 Å². The largest absolute Gasteiger partial charge is 0.364 e. The number of amides is 1. The Hall–Kier alpha value is -2.18. The summed E-state index contributed by atoms with van der Waals surface area (Å²) in [5.74, 6) is 0.556. The van der Waals surface area contributed by atoms with Gasteiger partial charge in [-0.15, -0.1) is 0 Å². The number of rotatable bonds is 5. The van der Waals surface area contributed by atoms with Gasteiger partial charge in [0.15, 0.2) is 0 Å². The van der Waals surface area contributed by atoms with Crippen LogP contribution in [0.15, 0.2) is 30.5 Å². The number of nitrogens with zero attached hydrogens (tertiary/aromatic N) is 4. The van der Waals surface area contributed by atoms with E-state index in [1.807, 2.05) is 25.3 Å². The van der Waals surface area contributed by atoms with Crippen LogP contribution in [0.5, 0.6) is 0 Å². The Bertz CT molecular complexity index is 889. The van der Waals surface area contributed by atoms with Crippen LogP contribution in [-0.2, 0) is 6.54 Å². The number of carbonyl (C=O) groups excluding carboxylic acids is 1. The quantitative estimate of drug-likeness (QED) is 0.776. The third-order valence-corrected chi connectivity index (χ3v) is 7.77. The molecule has 2 saturated heterocycles. The summed E-state index contributed by atoms with van der Waals surface area (Å²) in [7, 11) is 0. The van der Waals surface area contributed by atoms with Gasteiger partial charge in [0.25, 0.3) is 5.91 Å². The molecule has 4 heterocycles. The molecule has 0 spiro atoms. The lowest BCUT2D eigenvalue weighted by atomic mass is 9.89. The average molecular weight is 436 g/mol. The van der Waals surface area contributed by atoms with Crippen molar-refractivity contribution >= 4 is 5.91 Å². The molecule has 1 amide bonds. The number of likely N-dealkylation sites (tertiary alicyclic amines) is 1. The minimum Gasteiger partial charge on any atom is -0.364 e. The normalized spacial score (nSPS) is 22.0. The first-order valence-corrected chi connectivity index (χ1v) is 12.5. The Morgan fingerprint density at radius 2 is 1.75 bits per heavy atom. The maximum atomic E-state index is 13.5. The summed E-state index contributed by atoms with van der Waals surface area (Å²) in [6.45, 7) is 8.83. The highest BCUT2D eigenvalue weighted by Gasteiger charge is 2.31. The van der Waals surface area contributed by atoms with Crippen molar-refractivity contribution in [1.82, 2.24) is 24.7 Å². The second kappa shape index (κ2) is 9.75. The highest BCUT2D eigenvalue weighted by atomic mass is 16.2. The predicted molar refractivity (Wildman–Crippen MR) is 127 cm³/mol. The van der Waals surface area contributed by atoms with E-state index < -0.39 is 0 Å². The lowest BCUT2D eigenvalue weighted by Crippen LogP contribution is -2.51. The lowest BCUT2D eigenvalue weighted by Gasteiger charge is -2.38. The molecule has 3 aliphatic rings. The predicted octanol–water partition coefficient (Wildman–Crippen LogP) is 3.80. The number of hydrogen-bond donors (Lipinski definition) is 1. The van der Waals surface area contributed by atoms with E-state index in [-0.39, 0.29) is 5.91 Å². The molecule has 3 fully saturated rings. The van der Waals surface area contributed by atoms with Crippen LogP contribution < -0.4 is 0 Å². The fourth-order valence-electron chi connectivity index (χ4n) is 5.87. The molecule has 0 bridgehead atoms. The van der Waals surface area contributed by atoms with Gasteiger partial charge in [-0.3, -0.25) is 19.6 Å². The van der Waals surface area contributed by atoms with Gasteiger partial charge >= 0.3 is 0 Å².